The third-order valence-corrected chi connectivity index (χ3v) is 6.24. The molecule has 2 aliphatic rings. The number of halogens is 1. The monoisotopic (exact) mass is 458 g/mol. The predicted molar refractivity (Wildman–Crippen MR) is 115 cm³/mol. The maximum absolute atomic E-state index is 13.2. The van der Waals surface area contributed by atoms with E-state index in [-0.39, 0.29) is 24.1 Å². The molecule has 1 aromatic carbocycles. The minimum Gasteiger partial charge on any atom is -0.459 e. The molecule has 3 heterocycles. The Morgan fingerprint density at radius 3 is 2.31 bits per heavy atom. The fourth-order valence-corrected chi connectivity index (χ4v) is 4.22. The highest BCUT2D eigenvalue weighted by Crippen LogP contribution is 2.33. The molecule has 0 spiro atoms. The first-order valence-electron chi connectivity index (χ1n) is 10.4. The Morgan fingerprint density at radius 2 is 1.72 bits per heavy atom. The summed E-state index contributed by atoms with van der Waals surface area (Å²) in [5, 5.41) is 3.28. The molecule has 5 amide bonds. The molecule has 2 fully saturated rings. The Bertz CT molecular complexity index is 1030. The summed E-state index contributed by atoms with van der Waals surface area (Å²) in [4.78, 5) is 55.2. The van der Waals surface area contributed by atoms with Crippen molar-refractivity contribution in [3.05, 3.63) is 59.0 Å². The zero-order chi connectivity index (χ0) is 22.9. The highest BCUT2D eigenvalue weighted by atomic mass is 35.5. The normalized spacial score (nSPS) is 21.1. The maximum Gasteiger partial charge on any atom is 0.325 e. The lowest BCUT2D eigenvalue weighted by Crippen LogP contribution is -2.53. The van der Waals surface area contributed by atoms with Gasteiger partial charge in [-0.2, -0.15) is 0 Å². The van der Waals surface area contributed by atoms with Gasteiger partial charge in [-0.15, -0.1) is 0 Å². The number of urea groups is 1. The molecule has 0 aliphatic carbocycles. The molecule has 32 heavy (non-hydrogen) atoms. The Balaban J connectivity index is 1.40. The van der Waals surface area contributed by atoms with E-state index in [0.29, 0.717) is 43.2 Å². The van der Waals surface area contributed by atoms with Gasteiger partial charge in [0.1, 0.15) is 12.1 Å². The van der Waals surface area contributed by atoms with Crippen LogP contribution in [-0.4, -0.2) is 71.2 Å². The number of nitrogens with zero attached hydrogens (tertiary/aromatic N) is 3. The first kappa shape index (κ1) is 21.9. The Labute approximate surface area is 189 Å². The zero-order valence-electron chi connectivity index (χ0n) is 17.5. The smallest absolute Gasteiger partial charge is 0.325 e. The standard InChI is InChI=1S/C22H23ClN4O5/c1-2-22(15-5-7-16(23)8-6-15)20(30)27(21(31)24-22)14-18(28)25-9-11-26(12-10-25)19(29)17-4-3-13-32-17/h3-8,13H,2,9-12,14H2,1H3,(H,24,31). The maximum atomic E-state index is 13.2. The Hall–Kier alpha value is -3.33. The summed E-state index contributed by atoms with van der Waals surface area (Å²) in [5.41, 5.74) is -0.612. The molecule has 9 nitrogen and oxygen atoms in total. The van der Waals surface area contributed by atoms with Crippen LogP contribution in [0.4, 0.5) is 4.79 Å². The van der Waals surface area contributed by atoms with Gasteiger partial charge in [0, 0.05) is 31.2 Å². The van der Waals surface area contributed by atoms with E-state index in [1.807, 2.05) is 0 Å². The number of imide groups is 1. The van der Waals surface area contributed by atoms with Gasteiger partial charge in [-0.05, 0) is 36.2 Å². The zero-order valence-corrected chi connectivity index (χ0v) is 18.3. The molecule has 0 saturated carbocycles. The molecular weight excluding hydrogens is 436 g/mol. The highest BCUT2D eigenvalue weighted by molar-refractivity contribution is 6.30. The molecule has 0 bridgehead atoms. The van der Waals surface area contributed by atoms with Crippen LogP contribution in [0.2, 0.25) is 5.02 Å². The molecule has 2 aromatic rings. The molecule has 2 saturated heterocycles. The molecular formula is C22H23ClN4O5. The van der Waals surface area contributed by atoms with Gasteiger partial charge < -0.3 is 19.5 Å². The molecule has 10 heteroatoms. The third kappa shape index (κ3) is 3.84. The van der Waals surface area contributed by atoms with Crippen LogP contribution in [-0.2, 0) is 15.1 Å². The van der Waals surface area contributed by atoms with Crippen LogP contribution in [0.3, 0.4) is 0 Å². The number of hydrogen-bond donors (Lipinski definition) is 1. The van der Waals surface area contributed by atoms with Crippen molar-refractivity contribution < 1.29 is 23.6 Å². The van der Waals surface area contributed by atoms with Crippen LogP contribution in [0, 0.1) is 0 Å². The SMILES string of the molecule is CCC1(c2ccc(Cl)cc2)NC(=O)N(CC(=O)N2CCN(C(=O)c3ccco3)CC2)C1=O. The van der Waals surface area contributed by atoms with E-state index >= 15 is 0 Å². The van der Waals surface area contributed by atoms with E-state index < -0.39 is 17.5 Å². The quantitative estimate of drug-likeness (QED) is 0.691. The van der Waals surface area contributed by atoms with Crippen molar-refractivity contribution in [3.8, 4) is 0 Å². The molecule has 168 valence electrons. The molecule has 2 aliphatic heterocycles. The van der Waals surface area contributed by atoms with Crippen molar-refractivity contribution in [1.29, 1.82) is 0 Å². The topological polar surface area (TPSA) is 103 Å². The van der Waals surface area contributed by atoms with Gasteiger partial charge in [0.2, 0.25) is 5.91 Å². The number of amides is 5. The van der Waals surface area contributed by atoms with Crippen molar-refractivity contribution in [2.75, 3.05) is 32.7 Å². The van der Waals surface area contributed by atoms with Gasteiger partial charge >= 0.3 is 6.03 Å². The van der Waals surface area contributed by atoms with E-state index in [4.69, 9.17) is 16.0 Å². The number of carbonyl (C=O) groups excluding carboxylic acids is 4. The average molecular weight is 459 g/mol. The number of carbonyl (C=O) groups is 4. The number of hydrogen-bond acceptors (Lipinski definition) is 5. The van der Waals surface area contributed by atoms with Gasteiger partial charge in [-0.3, -0.25) is 19.3 Å². The summed E-state index contributed by atoms with van der Waals surface area (Å²) in [6, 6.07) is 9.35. The second-order valence-electron chi connectivity index (χ2n) is 7.74. The molecule has 0 radical (unpaired) electrons. The second kappa shape index (κ2) is 8.66. The number of piperazine rings is 1. The lowest BCUT2D eigenvalue weighted by atomic mass is 9.87. The minimum atomic E-state index is -1.23. The van der Waals surface area contributed by atoms with Gasteiger partial charge in [0.05, 0.1) is 6.26 Å². The fourth-order valence-electron chi connectivity index (χ4n) is 4.09. The van der Waals surface area contributed by atoms with Crippen molar-refractivity contribution in [1.82, 2.24) is 20.0 Å². The van der Waals surface area contributed by atoms with E-state index in [2.05, 4.69) is 5.32 Å². The summed E-state index contributed by atoms with van der Waals surface area (Å²) in [6.07, 6.45) is 1.77. The Kier molecular flexibility index (Phi) is 5.92. The lowest BCUT2D eigenvalue weighted by molar-refractivity contribution is -0.140. The Morgan fingerprint density at radius 1 is 1.06 bits per heavy atom. The molecule has 4 rings (SSSR count). The first-order chi connectivity index (χ1) is 15.4. The van der Waals surface area contributed by atoms with Crippen molar-refractivity contribution in [2.24, 2.45) is 0 Å². The van der Waals surface area contributed by atoms with E-state index in [0.717, 1.165) is 4.90 Å². The number of rotatable bonds is 5. The van der Waals surface area contributed by atoms with Crippen LogP contribution in [0.15, 0.2) is 47.1 Å². The van der Waals surface area contributed by atoms with E-state index in [9.17, 15) is 19.2 Å². The number of furan rings is 1. The average Bonchev–Trinajstić information content (AvgIpc) is 3.42. The fraction of sp³-hybridized carbons (Fsp3) is 0.364. The highest BCUT2D eigenvalue weighted by Gasteiger charge is 2.51. The molecule has 1 aromatic heterocycles. The first-order valence-corrected chi connectivity index (χ1v) is 10.7. The van der Waals surface area contributed by atoms with Crippen LogP contribution in [0.5, 0.6) is 0 Å². The lowest BCUT2D eigenvalue weighted by Gasteiger charge is -2.35. The third-order valence-electron chi connectivity index (χ3n) is 5.99. The molecule has 1 atom stereocenters. The van der Waals surface area contributed by atoms with Gasteiger partial charge in [0.25, 0.3) is 11.8 Å². The van der Waals surface area contributed by atoms with Crippen molar-refractivity contribution in [2.45, 2.75) is 18.9 Å². The summed E-state index contributed by atoms with van der Waals surface area (Å²) in [6.45, 7) is 2.75. The van der Waals surface area contributed by atoms with Crippen LogP contribution >= 0.6 is 11.6 Å². The number of nitrogens with one attached hydrogen (secondary N) is 1. The number of benzene rings is 1. The van der Waals surface area contributed by atoms with Gasteiger partial charge in [-0.1, -0.05) is 30.7 Å². The van der Waals surface area contributed by atoms with Crippen LogP contribution in [0.25, 0.3) is 0 Å². The van der Waals surface area contributed by atoms with Crippen molar-refractivity contribution in [3.63, 3.8) is 0 Å². The van der Waals surface area contributed by atoms with Gasteiger partial charge in [0.15, 0.2) is 5.76 Å². The summed E-state index contributed by atoms with van der Waals surface area (Å²) < 4.78 is 5.14. The van der Waals surface area contributed by atoms with E-state index in [1.165, 1.54) is 6.26 Å². The summed E-state index contributed by atoms with van der Waals surface area (Å²) in [7, 11) is 0. The summed E-state index contributed by atoms with van der Waals surface area (Å²) in [5.74, 6) is -0.789. The summed E-state index contributed by atoms with van der Waals surface area (Å²) >= 11 is 5.95. The molecule has 1 N–H and O–H groups in total. The predicted octanol–water partition coefficient (Wildman–Crippen LogP) is 2.07. The largest absolute Gasteiger partial charge is 0.459 e. The van der Waals surface area contributed by atoms with Crippen LogP contribution in [0.1, 0.15) is 29.5 Å². The second-order valence-corrected chi connectivity index (χ2v) is 8.17. The van der Waals surface area contributed by atoms with Crippen LogP contribution < -0.4 is 5.32 Å². The molecule has 1 unspecified atom stereocenters. The van der Waals surface area contributed by atoms with Gasteiger partial charge in [-0.25, -0.2) is 4.79 Å². The van der Waals surface area contributed by atoms with Crippen molar-refractivity contribution >= 4 is 35.4 Å². The minimum absolute atomic E-state index is 0.230. The van der Waals surface area contributed by atoms with E-state index in [1.54, 1.807) is 53.1 Å².